The molecule has 6 heteroatoms. The maximum Gasteiger partial charge on any atom is 0.134 e. The standard InChI is InChI=1S/C13H12FN3OS/c1-2-15-13(10-7-16-19-17-10)12-6-8-5-9(14)3-4-11(8)18-12/h3-7,13,15H,2H2,1H3. The molecule has 3 rings (SSSR count). The summed E-state index contributed by atoms with van der Waals surface area (Å²) in [5, 5.41) is 4.04. The Hall–Kier alpha value is -1.79. The van der Waals surface area contributed by atoms with E-state index in [1.54, 1.807) is 12.3 Å². The van der Waals surface area contributed by atoms with Crippen LogP contribution in [0, 0.1) is 5.82 Å². The fourth-order valence-electron chi connectivity index (χ4n) is 2.03. The highest BCUT2D eigenvalue weighted by atomic mass is 32.1. The number of hydrogen-bond donors (Lipinski definition) is 1. The molecule has 2 heterocycles. The lowest BCUT2D eigenvalue weighted by atomic mass is 10.1. The summed E-state index contributed by atoms with van der Waals surface area (Å²) in [5.74, 6) is 0.449. The van der Waals surface area contributed by atoms with Crippen LogP contribution in [0.15, 0.2) is 34.9 Å². The molecule has 98 valence electrons. The highest BCUT2D eigenvalue weighted by Gasteiger charge is 2.20. The molecule has 0 aliphatic heterocycles. The summed E-state index contributed by atoms with van der Waals surface area (Å²) in [6.45, 7) is 2.78. The number of aromatic nitrogens is 2. The van der Waals surface area contributed by atoms with Crippen LogP contribution in [0.4, 0.5) is 4.39 Å². The molecule has 0 bridgehead atoms. The van der Waals surface area contributed by atoms with Crippen LogP contribution in [-0.4, -0.2) is 15.3 Å². The van der Waals surface area contributed by atoms with Crippen LogP contribution < -0.4 is 5.32 Å². The van der Waals surface area contributed by atoms with E-state index in [-0.39, 0.29) is 11.9 Å². The average Bonchev–Trinajstić information content (AvgIpc) is 3.04. The summed E-state index contributed by atoms with van der Waals surface area (Å²) >= 11 is 1.16. The van der Waals surface area contributed by atoms with Crippen LogP contribution in [0.25, 0.3) is 11.0 Å². The largest absolute Gasteiger partial charge is 0.459 e. The van der Waals surface area contributed by atoms with Gasteiger partial charge in [0.1, 0.15) is 23.2 Å². The van der Waals surface area contributed by atoms with Crippen molar-refractivity contribution in [2.45, 2.75) is 13.0 Å². The average molecular weight is 277 g/mol. The molecule has 0 fully saturated rings. The van der Waals surface area contributed by atoms with Gasteiger partial charge in [0, 0.05) is 5.39 Å². The number of benzene rings is 1. The lowest BCUT2D eigenvalue weighted by molar-refractivity contribution is 0.472. The third kappa shape index (κ3) is 2.36. The quantitative estimate of drug-likeness (QED) is 0.796. The van der Waals surface area contributed by atoms with E-state index in [0.29, 0.717) is 5.58 Å². The molecule has 2 aromatic heterocycles. The molecule has 19 heavy (non-hydrogen) atoms. The fourth-order valence-corrected chi connectivity index (χ4v) is 2.48. The van der Waals surface area contributed by atoms with Crippen molar-refractivity contribution in [2.75, 3.05) is 6.54 Å². The van der Waals surface area contributed by atoms with Gasteiger partial charge in [-0.1, -0.05) is 6.92 Å². The van der Waals surface area contributed by atoms with Gasteiger partial charge in [0.2, 0.25) is 0 Å². The van der Waals surface area contributed by atoms with Crippen molar-refractivity contribution in [3.63, 3.8) is 0 Å². The first-order valence-corrected chi connectivity index (χ1v) is 6.71. The van der Waals surface area contributed by atoms with Crippen molar-refractivity contribution in [1.82, 2.24) is 14.1 Å². The number of furan rings is 1. The molecule has 1 atom stereocenters. The molecular weight excluding hydrogens is 265 g/mol. The number of fused-ring (bicyclic) bond motifs is 1. The van der Waals surface area contributed by atoms with E-state index >= 15 is 0 Å². The topological polar surface area (TPSA) is 51.0 Å². The lowest BCUT2D eigenvalue weighted by Crippen LogP contribution is -2.21. The van der Waals surface area contributed by atoms with Crippen LogP contribution >= 0.6 is 11.7 Å². The molecule has 1 N–H and O–H groups in total. The molecule has 0 saturated heterocycles. The maximum absolute atomic E-state index is 13.2. The second-order valence-corrected chi connectivity index (χ2v) is 4.71. The first-order valence-electron chi connectivity index (χ1n) is 5.97. The van der Waals surface area contributed by atoms with Crippen LogP contribution in [0.2, 0.25) is 0 Å². The number of nitrogens with one attached hydrogen (secondary N) is 1. The van der Waals surface area contributed by atoms with Gasteiger partial charge in [0.15, 0.2) is 0 Å². The van der Waals surface area contributed by atoms with E-state index in [2.05, 4.69) is 14.1 Å². The van der Waals surface area contributed by atoms with Crippen LogP contribution in [0.3, 0.4) is 0 Å². The number of halogens is 1. The molecule has 0 radical (unpaired) electrons. The van der Waals surface area contributed by atoms with Gasteiger partial charge in [-0.05, 0) is 30.8 Å². The van der Waals surface area contributed by atoms with Crippen molar-refractivity contribution >= 4 is 22.7 Å². The number of nitrogens with zero attached hydrogens (tertiary/aromatic N) is 2. The third-order valence-electron chi connectivity index (χ3n) is 2.86. The van der Waals surface area contributed by atoms with E-state index in [0.717, 1.165) is 35.1 Å². The second-order valence-electron chi connectivity index (χ2n) is 4.15. The molecule has 1 aromatic carbocycles. The van der Waals surface area contributed by atoms with Crippen LogP contribution in [-0.2, 0) is 0 Å². The van der Waals surface area contributed by atoms with Crippen molar-refractivity contribution in [1.29, 1.82) is 0 Å². The first-order chi connectivity index (χ1) is 9.28. The van der Waals surface area contributed by atoms with Gasteiger partial charge in [-0.25, -0.2) is 4.39 Å². The maximum atomic E-state index is 13.2. The van der Waals surface area contributed by atoms with Crippen molar-refractivity contribution < 1.29 is 8.81 Å². The first kappa shape index (κ1) is 12.3. The smallest absolute Gasteiger partial charge is 0.134 e. The van der Waals surface area contributed by atoms with Gasteiger partial charge in [0.05, 0.1) is 23.6 Å². The van der Waals surface area contributed by atoms with E-state index in [4.69, 9.17) is 4.42 Å². The Morgan fingerprint density at radius 1 is 1.42 bits per heavy atom. The minimum atomic E-state index is -0.268. The van der Waals surface area contributed by atoms with E-state index < -0.39 is 0 Å². The Bertz CT molecular complexity index is 680. The molecule has 0 spiro atoms. The second kappa shape index (κ2) is 5.07. The molecule has 3 aromatic rings. The summed E-state index contributed by atoms with van der Waals surface area (Å²) in [6, 6.07) is 6.17. The van der Waals surface area contributed by atoms with Gasteiger partial charge < -0.3 is 9.73 Å². The predicted molar refractivity (Wildman–Crippen MR) is 71.6 cm³/mol. The Morgan fingerprint density at radius 3 is 3.05 bits per heavy atom. The summed E-state index contributed by atoms with van der Waals surface area (Å²) in [5.41, 5.74) is 1.48. The molecular formula is C13H12FN3OS. The molecule has 0 aliphatic carbocycles. The monoisotopic (exact) mass is 277 g/mol. The molecule has 4 nitrogen and oxygen atoms in total. The molecule has 1 unspecified atom stereocenters. The van der Waals surface area contributed by atoms with Gasteiger partial charge in [-0.15, -0.1) is 0 Å². The Morgan fingerprint density at radius 2 is 2.32 bits per heavy atom. The SMILES string of the molecule is CCNC(c1cnsn1)c1cc2cc(F)ccc2o1. The summed E-state index contributed by atoms with van der Waals surface area (Å²) in [6.07, 6.45) is 1.71. The Labute approximate surface area is 113 Å². The van der Waals surface area contributed by atoms with Crippen molar-refractivity contribution in [2.24, 2.45) is 0 Å². The highest BCUT2D eigenvalue weighted by Crippen LogP contribution is 2.28. The number of rotatable bonds is 4. The van der Waals surface area contributed by atoms with Gasteiger partial charge in [-0.2, -0.15) is 8.75 Å². The predicted octanol–water partition coefficient (Wildman–Crippen LogP) is 3.12. The summed E-state index contributed by atoms with van der Waals surface area (Å²) < 4.78 is 27.2. The van der Waals surface area contributed by atoms with Gasteiger partial charge >= 0.3 is 0 Å². The zero-order valence-electron chi connectivity index (χ0n) is 10.3. The van der Waals surface area contributed by atoms with Crippen molar-refractivity contribution in [3.8, 4) is 0 Å². The van der Waals surface area contributed by atoms with Gasteiger partial charge in [-0.3, -0.25) is 0 Å². The lowest BCUT2D eigenvalue weighted by Gasteiger charge is -2.11. The minimum Gasteiger partial charge on any atom is -0.459 e. The zero-order chi connectivity index (χ0) is 13.2. The normalized spacial score (nSPS) is 12.9. The molecule has 0 aliphatic rings. The summed E-state index contributed by atoms with van der Waals surface area (Å²) in [4.78, 5) is 0. The van der Waals surface area contributed by atoms with Gasteiger partial charge in [0.25, 0.3) is 0 Å². The minimum absolute atomic E-state index is 0.154. The van der Waals surface area contributed by atoms with Crippen molar-refractivity contribution in [3.05, 3.63) is 47.7 Å². The molecule has 0 amide bonds. The summed E-state index contributed by atoms with van der Waals surface area (Å²) in [7, 11) is 0. The van der Waals surface area contributed by atoms with E-state index in [9.17, 15) is 4.39 Å². The zero-order valence-corrected chi connectivity index (χ0v) is 11.1. The highest BCUT2D eigenvalue weighted by molar-refractivity contribution is 6.99. The Kier molecular flexibility index (Phi) is 3.27. The Balaban J connectivity index is 2.05. The fraction of sp³-hybridized carbons (Fsp3) is 0.231. The molecule has 0 saturated carbocycles. The van der Waals surface area contributed by atoms with E-state index in [1.165, 1.54) is 12.1 Å². The third-order valence-corrected chi connectivity index (χ3v) is 3.36. The van der Waals surface area contributed by atoms with E-state index in [1.807, 2.05) is 13.0 Å². The number of hydrogen-bond acceptors (Lipinski definition) is 5. The van der Waals surface area contributed by atoms with Crippen LogP contribution in [0.5, 0.6) is 0 Å². The van der Waals surface area contributed by atoms with Crippen LogP contribution in [0.1, 0.15) is 24.4 Å².